The van der Waals surface area contributed by atoms with E-state index in [0.29, 0.717) is 10.9 Å². The van der Waals surface area contributed by atoms with Crippen molar-refractivity contribution in [1.29, 1.82) is 0 Å². The number of hydrogen-bond donors (Lipinski definition) is 1. The van der Waals surface area contributed by atoms with Crippen LogP contribution in [-0.4, -0.2) is 14.5 Å². The van der Waals surface area contributed by atoms with Gasteiger partial charge in [-0.25, -0.2) is 4.98 Å². The number of aromatic nitrogens is 2. The Morgan fingerprint density at radius 2 is 2.06 bits per heavy atom. The molecule has 2 aromatic rings. The summed E-state index contributed by atoms with van der Waals surface area (Å²) in [7, 11) is 0. The Morgan fingerprint density at radius 1 is 1.28 bits per heavy atom. The molecule has 1 N–H and O–H groups in total. The topological polar surface area (TPSA) is 37.5 Å². The highest BCUT2D eigenvalue weighted by Crippen LogP contribution is 2.37. The molecule has 1 aliphatic rings. The molecule has 1 saturated carbocycles. The van der Waals surface area contributed by atoms with Crippen molar-refractivity contribution in [3.63, 3.8) is 0 Å². The maximum atomic E-state index is 10.6. The summed E-state index contributed by atoms with van der Waals surface area (Å²) in [6.45, 7) is 0. The van der Waals surface area contributed by atoms with Crippen LogP contribution < -0.4 is 0 Å². The standard InChI is InChI=1S/C14H17ClN2O/c15-12-7-6-11-8-16-9-17(11)13(12)14(18)10-4-2-1-3-5-10/h6-10,14,18H,1-5H2/t14-/m0/s1. The van der Waals surface area contributed by atoms with E-state index < -0.39 is 6.10 Å². The lowest BCUT2D eigenvalue weighted by Crippen LogP contribution is -2.18. The average Bonchev–Trinajstić information content (AvgIpc) is 2.87. The number of hydrogen-bond acceptors (Lipinski definition) is 2. The summed E-state index contributed by atoms with van der Waals surface area (Å²) in [5, 5.41) is 11.2. The number of aliphatic hydroxyl groups excluding tert-OH is 1. The predicted molar refractivity (Wildman–Crippen MR) is 71.7 cm³/mol. The highest BCUT2D eigenvalue weighted by molar-refractivity contribution is 6.31. The molecule has 0 saturated heterocycles. The van der Waals surface area contributed by atoms with E-state index in [-0.39, 0.29) is 0 Å². The Hall–Kier alpha value is -1.06. The predicted octanol–water partition coefficient (Wildman–Crippen LogP) is 3.60. The molecule has 3 nitrogen and oxygen atoms in total. The zero-order chi connectivity index (χ0) is 12.5. The molecule has 1 fully saturated rings. The van der Waals surface area contributed by atoms with Gasteiger partial charge < -0.3 is 5.11 Å². The third-order valence-corrected chi connectivity index (χ3v) is 4.27. The molecule has 0 radical (unpaired) electrons. The van der Waals surface area contributed by atoms with Crippen LogP contribution in [0.1, 0.15) is 43.9 Å². The van der Waals surface area contributed by atoms with Gasteiger partial charge in [-0.1, -0.05) is 30.9 Å². The second-order valence-corrected chi connectivity index (χ2v) is 5.51. The number of aliphatic hydroxyl groups is 1. The van der Waals surface area contributed by atoms with Gasteiger partial charge in [0, 0.05) is 0 Å². The fraction of sp³-hybridized carbons (Fsp3) is 0.500. The van der Waals surface area contributed by atoms with E-state index in [2.05, 4.69) is 4.98 Å². The van der Waals surface area contributed by atoms with E-state index in [1.54, 1.807) is 12.5 Å². The van der Waals surface area contributed by atoms with Crippen LogP contribution in [0.3, 0.4) is 0 Å². The van der Waals surface area contributed by atoms with Gasteiger partial charge in [0.15, 0.2) is 0 Å². The van der Waals surface area contributed by atoms with Crippen LogP contribution in [-0.2, 0) is 0 Å². The molecule has 2 heterocycles. The van der Waals surface area contributed by atoms with Gasteiger partial charge in [-0.15, -0.1) is 0 Å². The van der Waals surface area contributed by atoms with Crippen molar-refractivity contribution >= 4 is 17.1 Å². The van der Waals surface area contributed by atoms with E-state index in [4.69, 9.17) is 11.6 Å². The van der Waals surface area contributed by atoms with E-state index in [1.165, 1.54) is 19.3 Å². The fourth-order valence-electron chi connectivity index (χ4n) is 2.95. The molecule has 0 aliphatic heterocycles. The molecular formula is C14H17ClN2O. The van der Waals surface area contributed by atoms with Crippen LogP contribution in [0.4, 0.5) is 0 Å². The summed E-state index contributed by atoms with van der Waals surface area (Å²) >= 11 is 6.27. The van der Waals surface area contributed by atoms with Gasteiger partial charge in [0.2, 0.25) is 0 Å². The molecule has 1 aliphatic carbocycles. The lowest BCUT2D eigenvalue weighted by molar-refractivity contribution is 0.0802. The SMILES string of the molecule is O[C@H](c1c(Cl)ccc2cncn12)C1CCCCC1. The number of imidazole rings is 1. The molecule has 18 heavy (non-hydrogen) atoms. The largest absolute Gasteiger partial charge is 0.387 e. The number of rotatable bonds is 2. The molecule has 1 atom stereocenters. The summed E-state index contributed by atoms with van der Waals surface area (Å²) in [5.74, 6) is 0.323. The second kappa shape index (κ2) is 4.90. The molecule has 0 bridgehead atoms. The quantitative estimate of drug-likeness (QED) is 0.900. The Labute approximate surface area is 111 Å². The Kier molecular flexibility index (Phi) is 3.27. The van der Waals surface area contributed by atoms with Crippen molar-refractivity contribution < 1.29 is 5.11 Å². The highest BCUT2D eigenvalue weighted by Gasteiger charge is 2.26. The minimum absolute atomic E-state index is 0.323. The number of fused-ring (bicyclic) bond motifs is 1. The van der Waals surface area contributed by atoms with Crippen LogP contribution in [0.5, 0.6) is 0 Å². The van der Waals surface area contributed by atoms with Crippen molar-refractivity contribution in [2.75, 3.05) is 0 Å². The lowest BCUT2D eigenvalue weighted by Gasteiger charge is -2.27. The molecule has 2 aromatic heterocycles. The minimum Gasteiger partial charge on any atom is -0.387 e. The first-order chi connectivity index (χ1) is 8.77. The summed E-state index contributed by atoms with van der Waals surface area (Å²) in [6, 6.07) is 3.77. The van der Waals surface area contributed by atoms with Crippen molar-refractivity contribution in [1.82, 2.24) is 9.38 Å². The molecular weight excluding hydrogens is 248 g/mol. The summed E-state index contributed by atoms with van der Waals surface area (Å²) in [4.78, 5) is 4.12. The molecule has 0 amide bonds. The smallest absolute Gasteiger partial charge is 0.0995 e. The maximum Gasteiger partial charge on any atom is 0.0995 e. The zero-order valence-electron chi connectivity index (χ0n) is 10.2. The lowest BCUT2D eigenvalue weighted by atomic mass is 9.84. The molecule has 0 aromatic carbocycles. The van der Waals surface area contributed by atoms with E-state index in [9.17, 15) is 5.11 Å². The van der Waals surface area contributed by atoms with Gasteiger partial charge in [0.1, 0.15) is 0 Å². The van der Waals surface area contributed by atoms with Crippen LogP contribution in [0.2, 0.25) is 5.02 Å². The second-order valence-electron chi connectivity index (χ2n) is 5.10. The van der Waals surface area contributed by atoms with E-state index >= 15 is 0 Å². The van der Waals surface area contributed by atoms with Crippen LogP contribution in [0.15, 0.2) is 24.7 Å². The first kappa shape index (κ1) is 12.0. The first-order valence-corrected chi connectivity index (χ1v) is 6.93. The number of pyridine rings is 1. The van der Waals surface area contributed by atoms with Crippen LogP contribution in [0, 0.1) is 5.92 Å². The van der Waals surface area contributed by atoms with Crippen molar-refractivity contribution in [3.05, 3.63) is 35.4 Å². The summed E-state index contributed by atoms with van der Waals surface area (Å²) in [6.07, 6.45) is 8.89. The zero-order valence-corrected chi connectivity index (χ0v) is 11.0. The van der Waals surface area contributed by atoms with Crippen molar-refractivity contribution in [2.45, 2.75) is 38.2 Å². The third-order valence-electron chi connectivity index (χ3n) is 3.95. The monoisotopic (exact) mass is 264 g/mol. The molecule has 3 rings (SSSR count). The minimum atomic E-state index is -0.490. The van der Waals surface area contributed by atoms with Gasteiger partial charge >= 0.3 is 0 Å². The van der Waals surface area contributed by atoms with E-state index in [0.717, 1.165) is 24.1 Å². The van der Waals surface area contributed by atoms with Crippen LogP contribution >= 0.6 is 11.6 Å². The molecule has 96 valence electrons. The van der Waals surface area contributed by atoms with Crippen LogP contribution in [0.25, 0.3) is 5.52 Å². The molecule has 0 spiro atoms. The maximum absolute atomic E-state index is 10.6. The Balaban J connectivity index is 2.01. The molecule has 4 heteroatoms. The van der Waals surface area contributed by atoms with Gasteiger partial charge in [-0.05, 0) is 30.9 Å². The number of halogens is 1. The molecule has 0 unspecified atom stereocenters. The van der Waals surface area contributed by atoms with Gasteiger partial charge in [-0.2, -0.15) is 0 Å². The van der Waals surface area contributed by atoms with Crippen molar-refractivity contribution in [2.24, 2.45) is 5.92 Å². The Bertz CT molecular complexity index is 546. The van der Waals surface area contributed by atoms with E-state index in [1.807, 2.05) is 16.5 Å². The van der Waals surface area contributed by atoms with Gasteiger partial charge in [0.25, 0.3) is 0 Å². The average molecular weight is 265 g/mol. The Morgan fingerprint density at radius 3 is 2.83 bits per heavy atom. The number of nitrogens with zero attached hydrogens (tertiary/aromatic N) is 2. The first-order valence-electron chi connectivity index (χ1n) is 6.56. The highest BCUT2D eigenvalue weighted by atomic mass is 35.5. The third kappa shape index (κ3) is 2.02. The summed E-state index contributed by atoms with van der Waals surface area (Å²) in [5.41, 5.74) is 1.77. The summed E-state index contributed by atoms with van der Waals surface area (Å²) < 4.78 is 1.90. The van der Waals surface area contributed by atoms with Gasteiger partial charge in [0.05, 0.1) is 34.9 Å². The van der Waals surface area contributed by atoms with Crippen molar-refractivity contribution in [3.8, 4) is 0 Å². The normalized spacial score (nSPS) is 19.2. The fourth-order valence-corrected chi connectivity index (χ4v) is 3.21. The van der Waals surface area contributed by atoms with Gasteiger partial charge in [-0.3, -0.25) is 4.40 Å².